The second kappa shape index (κ2) is 7.90. The number of nitrogens with zero attached hydrogens (tertiary/aromatic N) is 3. The van der Waals surface area contributed by atoms with Gasteiger partial charge >= 0.3 is 0 Å². The Morgan fingerprint density at radius 3 is 2.35 bits per heavy atom. The summed E-state index contributed by atoms with van der Waals surface area (Å²) in [6.07, 6.45) is 7.70. The van der Waals surface area contributed by atoms with Crippen molar-refractivity contribution in [2.75, 3.05) is 31.1 Å². The summed E-state index contributed by atoms with van der Waals surface area (Å²) >= 11 is 0. The van der Waals surface area contributed by atoms with E-state index in [0.717, 1.165) is 50.6 Å². The van der Waals surface area contributed by atoms with Crippen LogP contribution in [-0.4, -0.2) is 42.0 Å². The van der Waals surface area contributed by atoms with Crippen molar-refractivity contribution in [1.82, 2.24) is 9.88 Å². The lowest BCUT2D eigenvalue weighted by Gasteiger charge is -2.33. The van der Waals surface area contributed by atoms with Gasteiger partial charge in [-0.05, 0) is 55.7 Å². The Morgan fingerprint density at radius 2 is 1.69 bits per heavy atom. The molecule has 0 spiro atoms. The number of carbonyl (C=O) groups excluding carboxylic acids is 1. The Bertz CT molecular complexity index is 715. The lowest BCUT2D eigenvalue weighted by atomic mass is 9.90. The van der Waals surface area contributed by atoms with Gasteiger partial charge in [0.1, 0.15) is 5.69 Å². The number of hydrogen-bond acceptors (Lipinski definition) is 3. The first-order valence-electron chi connectivity index (χ1n) is 9.84. The molecule has 0 radical (unpaired) electrons. The summed E-state index contributed by atoms with van der Waals surface area (Å²) in [7, 11) is 0. The highest BCUT2D eigenvalue weighted by atomic mass is 16.2. The Labute approximate surface area is 155 Å². The van der Waals surface area contributed by atoms with Crippen molar-refractivity contribution in [3.05, 3.63) is 59.9 Å². The Kier molecular flexibility index (Phi) is 5.19. The molecule has 1 aromatic heterocycles. The van der Waals surface area contributed by atoms with Crippen LogP contribution in [0.4, 0.5) is 5.69 Å². The van der Waals surface area contributed by atoms with Gasteiger partial charge < -0.3 is 9.80 Å². The zero-order chi connectivity index (χ0) is 17.8. The molecule has 0 aliphatic carbocycles. The predicted molar refractivity (Wildman–Crippen MR) is 104 cm³/mol. The maximum Gasteiger partial charge on any atom is 0.272 e. The highest BCUT2D eigenvalue weighted by Gasteiger charge is 2.22. The molecule has 136 valence electrons. The fraction of sp³-hybridized carbons (Fsp3) is 0.455. The number of likely N-dealkylation sites (tertiary alicyclic amines) is 1. The molecule has 0 unspecified atom stereocenters. The highest BCUT2D eigenvalue weighted by molar-refractivity contribution is 5.92. The number of rotatable bonds is 4. The average Bonchev–Trinajstić information content (AvgIpc) is 3.24. The zero-order valence-electron chi connectivity index (χ0n) is 15.3. The summed E-state index contributed by atoms with van der Waals surface area (Å²) in [4.78, 5) is 21.2. The van der Waals surface area contributed by atoms with Crippen molar-refractivity contribution in [2.45, 2.75) is 32.1 Å². The number of pyridine rings is 1. The largest absolute Gasteiger partial charge is 0.370 e. The van der Waals surface area contributed by atoms with Gasteiger partial charge in [0.05, 0.1) is 11.9 Å². The topological polar surface area (TPSA) is 36.4 Å². The van der Waals surface area contributed by atoms with Crippen LogP contribution in [0.3, 0.4) is 0 Å². The molecule has 0 N–H and O–H groups in total. The van der Waals surface area contributed by atoms with Crippen LogP contribution in [-0.2, 0) is 6.42 Å². The lowest BCUT2D eigenvalue weighted by molar-refractivity contribution is 0.0787. The van der Waals surface area contributed by atoms with Crippen LogP contribution in [0.1, 0.15) is 41.7 Å². The van der Waals surface area contributed by atoms with Gasteiger partial charge in [0.2, 0.25) is 0 Å². The van der Waals surface area contributed by atoms with Gasteiger partial charge in [0.25, 0.3) is 5.91 Å². The smallest absolute Gasteiger partial charge is 0.272 e. The SMILES string of the molecule is O=C(c1ccc(N2CCC(Cc3ccccc3)CC2)cn1)N1CCCC1. The van der Waals surface area contributed by atoms with Crippen LogP contribution in [0, 0.1) is 5.92 Å². The van der Waals surface area contributed by atoms with Crippen molar-refractivity contribution in [3.8, 4) is 0 Å². The second-order valence-electron chi connectivity index (χ2n) is 7.52. The van der Waals surface area contributed by atoms with Crippen LogP contribution in [0.25, 0.3) is 0 Å². The summed E-state index contributed by atoms with van der Waals surface area (Å²) in [5, 5.41) is 0. The highest BCUT2D eigenvalue weighted by Crippen LogP contribution is 2.25. The van der Waals surface area contributed by atoms with E-state index in [1.54, 1.807) is 0 Å². The van der Waals surface area contributed by atoms with Crippen molar-refractivity contribution >= 4 is 11.6 Å². The first-order valence-corrected chi connectivity index (χ1v) is 9.84. The molecule has 2 aliphatic heterocycles. The maximum atomic E-state index is 12.4. The summed E-state index contributed by atoms with van der Waals surface area (Å²) < 4.78 is 0. The number of benzene rings is 1. The monoisotopic (exact) mass is 349 g/mol. The van der Waals surface area contributed by atoms with Gasteiger partial charge in [-0.25, -0.2) is 4.98 Å². The van der Waals surface area contributed by atoms with Crippen molar-refractivity contribution in [2.24, 2.45) is 5.92 Å². The predicted octanol–water partition coefficient (Wildman–Crippen LogP) is 3.78. The number of anilines is 1. The third kappa shape index (κ3) is 3.90. The molecule has 0 atom stereocenters. The van der Waals surface area contributed by atoms with E-state index in [1.807, 2.05) is 17.2 Å². The van der Waals surface area contributed by atoms with Crippen LogP contribution in [0.2, 0.25) is 0 Å². The van der Waals surface area contributed by atoms with E-state index in [2.05, 4.69) is 46.3 Å². The molecule has 0 bridgehead atoms. The fourth-order valence-electron chi connectivity index (χ4n) is 4.12. The van der Waals surface area contributed by atoms with Crippen LogP contribution in [0.15, 0.2) is 48.7 Å². The summed E-state index contributed by atoms with van der Waals surface area (Å²) in [6, 6.07) is 14.7. The molecule has 4 nitrogen and oxygen atoms in total. The molecule has 0 saturated carbocycles. The second-order valence-corrected chi connectivity index (χ2v) is 7.52. The Balaban J connectivity index is 1.32. The number of amides is 1. The molecule has 4 rings (SSSR count). The summed E-state index contributed by atoms with van der Waals surface area (Å²) in [5.41, 5.74) is 3.16. The van der Waals surface area contributed by atoms with E-state index in [-0.39, 0.29) is 5.91 Å². The first kappa shape index (κ1) is 17.1. The van der Waals surface area contributed by atoms with E-state index in [9.17, 15) is 4.79 Å². The fourth-order valence-corrected chi connectivity index (χ4v) is 4.12. The number of aromatic nitrogens is 1. The number of carbonyl (C=O) groups is 1. The minimum Gasteiger partial charge on any atom is -0.370 e. The van der Waals surface area contributed by atoms with Crippen LogP contribution in [0.5, 0.6) is 0 Å². The summed E-state index contributed by atoms with van der Waals surface area (Å²) in [6.45, 7) is 3.88. The van der Waals surface area contributed by atoms with Gasteiger partial charge in [0, 0.05) is 26.2 Å². The zero-order valence-corrected chi connectivity index (χ0v) is 15.3. The van der Waals surface area contributed by atoms with E-state index in [1.165, 1.54) is 24.8 Å². The molecule has 26 heavy (non-hydrogen) atoms. The van der Waals surface area contributed by atoms with Crippen molar-refractivity contribution < 1.29 is 4.79 Å². The van der Waals surface area contributed by atoms with Crippen LogP contribution >= 0.6 is 0 Å². The average molecular weight is 349 g/mol. The molecule has 2 aromatic rings. The van der Waals surface area contributed by atoms with E-state index in [4.69, 9.17) is 0 Å². The van der Waals surface area contributed by atoms with Gasteiger partial charge in [0.15, 0.2) is 0 Å². The quantitative estimate of drug-likeness (QED) is 0.843. The lowest BCUT2D eigenvalue weighted by Crippen LogP contribution is -2.34. The number of hydrogen-bond donors (Lipinski definition) is 0. The van der Waals surface area contributed by atoms with E-state index in [0.29, 0.717) is 5.69 Å². The van der Waals surface area contributed by atoms with E-state index < -0.39 is 0 Å². The first-order chi connectivity index (χ1) is 12.8. The van der Waals surface area contributed by atoms with Gasteiger partial charge in [-0.15, -0.1) is 0 Å². The molecule has 1 aromatic carbocycles. The number of piperidine rings is 1. The molecule has 2 saturated heterocycles. The molecular formula is C22H27N3O. The Morgan fingerprint density at radius 1 is 0.962 bits per heavy atom. The molecular weight excluding hydrogens is 322 g/mol. The minimum absolute atomic E-state index is 0.0793. The molecule has 4 heteroatoms. The van der Waals surface area contributed by atoms with E-state index >= 15 is 0 Å². The van der Waals surface area contributed by atoms with Crippen molar-refractivity contribution in [1.29, 1.82) is 0 Å². The summed E-state index contributed by atoms with van der Waals surface area (Å²) in [5.74, 6) is 0.841. The molecule has 1 amide bonds. The van der Waals surface area contributed by atoms with Gasteiger partial charge in [-0.2, -0.15) is 0 Å². The van der Waals surface area contributed by atoms with Crippen LogP contribution < -0.4 is 4.90 Å². The molecule has 3 heterocycles. The van der Waals surface area contributed by atoms with Gasteiger partial charge in [-0.1, -0.05) is 30.3 Å². The molecule has 2 aliphatic rings. The third-order valence-corrected chi connectivity index (χ3v) is 5.71. The third-order valence-electron chi connectivity index (χ3n) is 5.71. The maximum absolute atomic E-state index is 12.4. The normalized spacial score (nSPS) is 18.3. The minimum atomic E-state index is 0.0793. The molecule has 2 fully saturated rings. The standard InChI is InChI=1S/C22H27N3O/c26-22(25-12-4-5-13-25)21-9-8-20(17-23-21)24-14-10-19(11-15-24)16-18-6-2-1-3-7-18/h1-3,6-9,17,19H,4-5,10-16H2. The Hall–Kier alpha value is -2.36. The van der Waals surface area contributed by atoms with Gasteiger partial charge in [-0.3, -0.25) is 4.79 Å². The van der Waals surface area contributed by atoms with Crippen molar-refractivity contribution in [3.63, 3.8) is 0 Å².